The summed E-state index contributed by atoms with van der Waals surface area (Å²) in [7, 11) is 0. The number of halogens is 1. The van der Waals surface area contributed by atoms with Crippen LogP contribution in [0.1, 0.15) is 13.8 Å². The number of rotatable bonds is 4. The maximum atomic E-state index is 4.57. The molecule has 18 heavy (non-hydrogen) atoms. The van der Waals surface area contributed by atoms with Crippen LogP contribution in [0.15, 0.2) is 10.7 Å². The SMILES string of the molecule is CCNc1ncc(Br)c(N2CCN(CC)CC2)n1. The average Bonchev–Trinajstić information content (AvgIpc) is 2.41. The predicted molar refractivity (Wildman–Crippen MR) is 78.2 cm³/mol. The minimum atomic E-state index is 0.702. The Morgan fingerprint density at radius 1 is 1.28 bits per heavy atom. The Morgan fingerprint density at radius 3 is 2.61 bits per heavy atom. The van der Waals surface area contributed by atoms with E-state index in [0.717, 1.165) is 49.6 Å². The molecule has 1 saturated heterocycles. The lowest BCUT2D eigenvalue weighted by Crippen LogP contribution is -2.46. The monoisotopic (exact) mass is 313 g/mol. The van der Waals surface area contributed by atoms with Gasteiger partial charge in [0, 0.05) is 38.9 Å². The summed E-state index contributed by atoms with van der Waals surface area (Å²) in [6.45, 7) is 10.5. The van der Waals surface area contributed by atoms with Crippen LogP contribution < -0.4 is 10.2 Å². The molecule has 5 nitrogen and oxygen atoms in total. The van der Waals surface area contributed by atoms with Gasteiger partial charge < -0.3 is 15.1 Å². The van der Waals surface area contributed by atoms with E-state index >= 15 is 0 Å². The summed E-state index contributed by atoms with van der Waals surface area (Å²) in [4.78, 5) is 13.6. The lowest BCUT2D eigenvalue weighted by atomic mass is 10.3. The molecule has 0 bridgehead atoms. The van der Waals surface area contributed by atoms with Gasteiger partial charge in [0.15, 0.2) is 0 Å². The van der Waals surface area contributed by atoms with Crippen molar-refractivity contribution >= 4 is 27.7 Å². The molecule has 1 aliphatic rings. The first kappa shape index (κ1) is 13.5. The van der Waals surface area contributed by atoms with Gasteiger partial charge in [0.25, 0.3) is 0 Å². The summed E-state index contributed by atoms with van der Waals surface area (Å²) in [6, 6.07) is 0. The molecule has 1 N–H and O–H groups in total. The van der Waals surface area contributed by atoms with Gasteiger partial charge in [-0.25, -0.2) is 4.98 Å². The second-order valence-electron chi connectivity index (χ2n) is 4.32. The van der Waals surface area contributed by atoms with Gasteiger partial charge in [0.2, 0.25) is 5.95 Å². The average molecular weight is 314 g/mol. The van der Waals surface area contributed by atoms with Gasteiger partial charge in [-0.15, -0.1) is 0 Å². The van der Waals surface area contributed by atoms with E-state index < -0.39 is 0 Å². The van der Waals surface area contributed by atoms with Crippen LogP contribution in [0.4, 0.5) is 11.8 Å². The quantitative estimate of drug-likeness (QED) is 0.918. The number of anilines is 2. The van der Waals surface area contributed by atoms with E-state index in [1.54, 1.807) is 0 Å². The van der Waals surface area contributed by atoms with E-state index in [9.17, 15) is 0 Å². The predicted octanol–water partition coefficient (Wildman–Crippen LogP) is 1.81. The molecule has 1 fully saturated rings. The lowest BCUT2D eigenvalue weighted by Gasteiger charge is -2.35. The van der Waals surface area contributed by atoms with Crippen LogP contribution in [-0.2, 0) is 0 Å². The molecule has 1 aromatic rings. The fourth-order valence-electron chi connectivity index (χ4n) is 2.10. The van der Waals surface area contributed by atoms with Crippen LogP contribution in [0.2, 0.25) is 0 Å². The molecule has 0 aliphatic carbocycles. The van der Waals surface area contributed by atoms with E-state index in [4.69, 9.17) is 0 Å². The zero-order valence-corrected chi connectivity index (χ0v) is 12.6. The van der Waals surface area contributed by atoms with Crippen LogP contribution in [0.3, 0.4) is 0 Å². The molecule has 0 unspecified atom stereocenters. The minimum Gasteiger partial charge on any atom is -0.354 e. The van der Waals surface area contributed by atoms with E-state index in [-0.39, 0.29) is 0 Å². The van der Waals surface area contributed by atoms with E-state index in [0.29, 0.717) is 5.95 Å². The normalized spacial score (nSPS) is 16.9. The van der Waals surface area contributed by atoms with Gasteiger partial charge in [-0.2, -0.15) is 4.98 Å². The maximum Gasteiger partial charge on any atom is 0.224 e. The van der Waals surface area contributed by atoms with Crippen LogP contribution in [0.5, 0.6) is 0 Å². The number of nitrogens with one attached hydrogen (secondary N) is 1. The van der Waals surface area contributed by atoms with Crippen molar-refractivity contribution in [1.82, 2.24) is 14.9 Å². The summed E-state index contributed by atoms with van der Waals surface area (Å²) in [6.07, 6.45) is 1.83. The molecule has 2 rings (SSSR count). The smallest absolute Gasteiger partial charge is 0.224 e. The molecular formula is C12H20BrN5. The van der Waals surface area contributed by atoms with Gasteiger partial charge in [-0.1, -0.05) is 6.92 Å². The Morgan fingerprint density at radius 2 is 2.00 bits per heavy atom. The largest absolute Gasteiger partial charge is 0.354 e. The third kappa shape index (κ3) is 3.11. The number of hydrogen-bond acceptors (Lipinski definition) is 5. The van der Waals surface area contributed by atoms with Crippen LogP contribution in [0, 0.1) is 0 Å². The van der Waals surface area contributed by atoms with Crippen LogP contribution >= 0.6 is 15.9 Å². The standard InChI is InChI=1S/C12H20BrN5/c1-3-14-12-15-9-10(13)11(16-12)18-7-5-17(4-2)6-8-18/h9H,3-8H2,1-2H3,(H,14,15,16). The van der Waals surface area contributed by atoms with E-state index in [2.05, 4.69) is 47.9 Å². The highest BCUT2D eigenvalue weighted by Gasteiger charge is 2.19. The van der Waals surface area contributed by atoms with Crippen molar-refractivity contribution in [3.63, 3.8) is 0 Å². The maximum absolute atomic E-state index is 4.57. The van der Waals surface area contributed by atoms with Gasteiger partial charge in [-0.3, -0.25) is 0 Å². The molecule has 1 aliphatic heterocycles. The molecule has 0 spiro atoms. The van der Waals surface area contributed by atoms with Crippen molar-refractivity contribution < 1.29 is 0 Å². The Balaban J connectivity index is 2.10. The van der Waals surface area contributed by atoms with Gasteiger partial charge >= 0.3 is 0 Å². The first-order valence-electron chi connectivity index (χ1n) is 6.48. The van der Waals surface area contributed by atoms with E-state index in [1.165, 1.54) is 0 Å². The van der Waals surface area contributed by atoms with Crippen molar-refractivity contribution in [3.05, 3.63) is 10.7 Å². The van der Waals surface area contributed by atoms with Crippen molar-refractivity contribution in [2.24, 2.45) is 0 Å². The molecule has 6 heteroatoms. The number of aromatic nitrogens is 2. The topological polar surface area (TPSA) is 44.3 Å². The highest BCUT2D eigenvalue weighted by Crippen LogP contribution is 2.25. The Kier molecular flexibility index (Phi) is 4.77. The fraction of sp³-hybridized carbons (Fsp3) is 0.667. The summed E-state index contributed by atoms with van der Waals surface area (Å²) in [5, 5.41) is 3.15. The molecule has 0 atom stereocenters. The zero-order valence-electron chi connectivity index (χ0n) is 11.0. The second-order valence-corrected chi connectivity index (χ2v) is 5.17. The highest BCUT2D eigenvalue weighted by molar-refractivity contribution is 9.10. The van der Waals surface area contributed by atoms with E-state index in [1.807, 2.05) is 13.1 Å². The van der Waals surface area contributed by atoms with Crippen molar-refractivity contribution in [3.8, 4) is 0 Å². The molecule has 2 heterocycles. The number of nitrogens with zero attached hydrogens (tertiary/aromatic N) is 4. The third-order valence-corrected chi connectivity index (χ3v) is 3.74. The van der Waals surface area contributed by atoms with Gasteiger partial charge in [0.1, 0.15) is 5.82 Å². The van der Waals surface area contributed by atoms with Crippen molar-refractivity contribution in [2.75, 3.05) is 49.5 Å². The second kappa shape index (κ2) is 6.33. The number of likely N-dealkylation sites (N-methyl/N-ethyl adjacent to an activating group) is 1. The Hall–Kier alpha value is -0.880. The number of piperazine rings is 1. The van der Waals surface area contributed by atoms with Gasteiger partial charge in [0.05, 0.1) is 4.47 Å². The Labute approximate surface area is 117 Å². The van der Waals surface area contributed by atoms with Crippen molar-refractivity contribution in [1.29, 1.82) is 0 Å². The molecule has 1 aromatic heterocycles. The minimum absolute atomic E-state index is 0.702. The molecular weight excluding hydrogens is 294 g/mol. The van der Waals surface area contributed by atoms with Crippen LogP contribution in [-0.4, -0.2) is 54.1 Å². The fourth-order valence-corrected chi connectivity index (χ4v) is 2.54. The summed E-state index contributed by atoms with van der Waals surface area (Å²) < 4.78 is 0.967. The van der Waals surface area contributed by atoms with Gasteiger partial charge in [-0.05, 0) is 29.4 Å². The zero-order chi connectivity index (χ0) is 13.0. The number of hydrogen-bond donors (Lipinski definition) is 1. The summed E-state index contributed by atoms with van der Waals surface area (Å²) in [5.41, 5.74) is 0. The van der Waals surface area contributed by atoms with Crippen LogP contribution in [0.25, 0.3) is 0 Å². The summed E-state index contributed by atoms with van der Waals surface area (Å²) >= 11 is 3.54. The highest BCUT2D eigenvalue weighted by atomic mass is 79.9. The third-order valence-electron chi connectivity index (χ3n) is 3.18. The van der Waals surface area contributed by atoms with Crippen molar-refractivity contribution in [2.45, 2.75) is 13.8 Å². The molecule has 0 saturated carbocycles. The molecule has 0 radical (unpaired) electrons. The summed E-state index contributed by atoms with van der Waals surface area (Å²) in [5.74, 6) is 1.70. The Bertz CT molecular complexity index is 390. The molecule has 100 valence electrons. The first-order chi connectivity index (χ1) is 8.74. The lowest BCUT2D eigenvalue weighted by molar-refractivity contribution is 0.270. The first-order valence-corrected chi connectivity index (χ1v) is 7.27. The molecule has 0 aromatic carbocycles. The molecule has 0 amide bonds.